The number of hydrogen-bond donors (Lipinski definition) is 1. The molecule has 1 heterocycles. The summed E-state index contributed by atoms with van der Waals surface area (Å²) in [4.78, 5) is 14.4. The van der Waals surface area contributed by atoms with Crippen molar-refractivity contribution in [2.45, 2.75) is 12.5 Å². The Bertz CT molecular complexity index is 834. The van der Waals surface area contributed by atoms with Crippen LogP contribution in [0.4, 0.5) is 11.4 Å². The molecule has 1 N–H and O–H groups in total. The highest BCUT2D eigenvalue weighted by molar-refractivity contribution is 7.91. The van der Waals surface area contributed by atoms with Gasteiger partial charge in [-0.1, -0.05) is 30.3 Å². The highest BCUT2D eigenvalue weighted by Gasteiger charge is 2.33. The summed E-state index contributed by atoms with van der Waals surface area (Å²) in [6, 6.07) is 16.6. The molecule has 0 saturated carbocycles. The van der Waals surface area contributed by atoms with Crippen LogP contribution >= 0.6 is 0 Å². The van der Waals surface area contributed by atoms with Gasteiger partial charge in [-0.2, -0.15) is 0 Å². The number of hydrogen-bond acceptors (Lipinski definition) is 4. The number of anilines is 2. The van der Waals surface area contributed by atoms with Crippen LogP contribution in [0.1, 0.15) is 16.8 Å². The van der Waals surface area contributed by atoms with Gasteiger partial charge in [-0.3, -0.25) is 4.79 Å². The third kappa shape index (κ3) is 3.59. The van der Waals surface area contributed by atoms with Crippen LogP contribution in [0.15, 0.2) is 54.6 Å². The molecule has 0 spiro atoms. The zero-order chi connectivity index (χ0) is 17.2. The molecular formula is C18H20N2O3S. The van der Waals surface area contributed by atoms with E-state index in [2.05, 4.69) is 5.32 Å². The van der Waals surface area contributed by atoms with Crippen molar-refractivity contribution in [2.24, 2.45) is 0 Å². The van der Waals surface area contributed by atoms with E-state index in [0.717, 1.165) is 5.69 Å². The molecule has 1 amide bonds. The van der Waals surface area contributed by atoms with E-state index in [1.807, 2.05) is 48.5 Å². The number of amides is 1. The maximum Gasteiger partial charge on any atom is 0.255 e. The summed E-state index contributed by atoms with van der Waals surface area (Å²) in [6.07, 6.45) is 0.499. The molecule has 2 aromatic rings. The lowest BCUT2D eigenvalue weighted by molar-refractivity contribution is 0.0748. The minimum Gasteiger partial charge on any atom is -0.355 e. The number of carbonyl (C=O) groups excluding carboxylic acids is 1. The Labute approximate surface area is 142 Å². The molecule has 1 aliphatic heterocycles. The molecule has 3 rings (SSSR count). The van der Waals surface area contributed by atoms with Gasteiger partial charge in [0.1, 0.15) is 0 Å². The van der Waals surface area contributed by atoms with Gasteiger partial charge in [-0.15, -0.1) is 0 Å². The third-order valence-corrected chi connectivity index (χ3v) is 6.04. The van der Waals surface area contributed by atoms with E-state index in [1.54, 1.807) is 18.0 Å². The number of carbonyl (C=O) groups is 1. The molecule has 6 heteroatoms. The van der Waals surface area contributed by atoms with Gasteiger partial charge in [0.15, 0.2) is 9.84 Å². The van der Waals surface area contributed by atoms with Crippen molar-refractivity contribution < 1.29 is 13.2 Å². The molecule has 24 heavy (non-hydrogen) atoms. The average molecular weight is 344 g/mol. The van der Waals surface area contributed by atoms with Crippen molar-refractivity contribution in [1.29, 1.82) is 0 Å². The highest BCUT2D eigenvalue weighted by Crippen LogP contribution is 2.24. The van der Waals surface area contributed by atoms with Crippen molar-refractivity contribution >= 4 is 27.1 Å². The fraction of sp³-hybridized carbons (Fsp3) is 0.278. The lowest BCUT2D eigenvalue weighted by atomic mass is 10.1. The maximum absolute atomic E-state index is 12.8. The summed E-state index contributed by atoms with van der Waals surface area (Å²) in [6.45, 7) is 0. The van der Waals surface area contributed by atoms with Crippen molar-refractivity contribution in [2.75, 3.05) is 23.9 Å². The smallest absolute Gasteiger partial charge is 0.255 e. The molecule has 1 fully saturated rings. The van der Waals surface area contributed by atoms with Crippen LogP contribution in [0.2, 0.25) is 0 Å². The Morgan fingerprint density at radius 1 is 1.08 bits per heavy atom. The molecule has 2 aromatic carbocycles. The predicted molar refractivity (Wildman–Crippen MR) is 95.3 cm³/mol. The van der Waals surface area contributed by atoms with Crippen LogP contribution in [0.5, 0.6) is 0 Å². The lowest BCUT2D eigenvalue weighted by Crippen LogP contribution is -2.38. The minimum atomic E-state index is -3.02. The van der Waals surface area contributed by atoms with Crippen molar-refractivity contribution in [3.63, 3.8) is 0 Å². The second kappa shape index (κ2) is 6.65. The second-order valence-corrected chi connectivity index (χ2v) is 8.24. The Morgan fingerprint density at radius 2 is 1.75 bits per heavy atom. The number of para-hydroxylation sites is 2. The van der Waals surface area contributed by atoms with Gasteiger partial charge < -0.3 is 10.2 Å². The Balaban J connectivity index is 1.82. The quantitative estimate of drug-likeness (QED) is 0.926. The second-order valence-electron chi connectivity index (χ2n) is 6.01. The van der Waals surface area contributed by atoms with E-state index in [-0.39, 0.29) is 23.5 Å². The van der Waals surface area contributed by atoms with E-state index in [4.69, 9.17) is 0 Å². The van der Waals surface area contributed by atoms with Crippen molar-refractivity contribution in [1.82, 2.24) is 4.90 Å². The predicted octanol–water partition coefficient (Wildman–Crippen LogP) is 2.69. The first kappa shape index (κ1) is 16.5. The van der Waals surface area contributed by atoms with E-state index < -0.39 is 9.84 Å². The monoisotopic (exact) mass is 344 g/mol. The van der Waals surface area contributed by atoms with Crippen LogP contribution in [0.25, 0.3) is 0 Å². The fourth-order valence-corrected chi connectivity index (χ4v) is 4.67. The molecule has 0 unspecified atom stereocenters. The van der Waals surface area contributed by atoms with E-state index >= 15 is 0 Å². The van der Waals surface area contributed by atoms with Gasteiger partial charge in [0.05, 0.1) is 22.8 Å². The maximum atomic E-state index is 12.8. The third-order valence-electron chi connectivity index (χ3n) is 4.29. The van der Waals surface area contributed by atoms with Gasteiger partial charge in [0.25, 0.3) is 5.91 Å². The van der Waals surface area contributed by atoms with Gasteiger partial charge in [0.2, 0.25) is 0 Å². The average Bonchev–Trinajstić information content (AvgIpc) is 2.95. The molecule has 1 atom stereocenters. The Morgan fingerprint density at radius 3 is 2.42 bits per heavy atom. The number of rotatable bonds is 4. The largest absolute Gasteiger partial charge is 0.355 e. The van der Waals surface area contributed by atoms with Crippen molar-refractivity contribution in [3.8, 4) is 0 Å². The Hall–Kier alpha value is -2.34. The van der Waals surface area contributed by atoms with Gasteiger partial charge >= 0.3 is 0 Å². The van der Waals surface area contributed by atoms with Gasteiger partial charge in [-0.05, 0) is 30.7 Å². The van der Waals surface area contributed by atoms with Crippen LogP contribution < -0.4 is 5.32 Å². The van der Waals surface area contributed by atoms with Crippen LogP contribution in [-0.4, -0.2) is 43.8 Å². The molecule has 5 nitrogen and oxygen atoms in total. The first-order valence-electron chi connectivity index (χ1n) is 7.85. The number of nitrogens with zero attached hydrogens (tertiary/aromatic N) is 1. The topological polar surface area (TPSA) is 66.5 Å². The van der Waals surface area contributed by atoms with Crippen molar-refractivity contribution in [3.05, 3.63) is 60.2 Å². The summed E-state index contributed by atoms with van der Waals surface area (Å²) in [7, 11) is -1.35. The summed E-state index contributed by atoms with van der Waals surface area (Å²) >= 11 is 0. The van der Waals surface area contributed by atoms with Crippen LogP contribution in [-0.2, 0) is 9.84 Å². The molecular weight excluding hydrogens is 324 g/mol. The highest BCUT2D eigenvalue weighted by atomic mass is 32.2. The molecule has 0 aromatic heterocycles. The van der Waals surface area contributed by atoms with Crippen LogP contribution in [0.3, 0.4) is 0 Å². The first-order chi connectivity index (χ1) is 11.5. The fourth-order valence-electron chi connectivity index (χ4n) is 2.89. The molecule has 0 radical (unpaired) electrons. The Kier molecular flexibility index (Phi) is 4.57. The zero-order valence-corrected chi connectivity index (χ0v) is 14.3. The summed E-state index contributed by atoms with van der Waals surface area (Å²) < 4.78 is 23.3. The SMILES string of the molecule is CN(C(=O)c1ccccc1Nc1ccccc1)[C@H]1CCS(=O)(=O)C1. The standard InChI is InChI=1S/C18H20N2O3S/c1-20(15-11-12-24(22,23)13-15)18(21)16-9-5-6-10-17(16)19-14-7-3-2-4-8-14/h2-10,15,19H,11-13H2,1H3/t15-/m0/s1. The summed E-state index contributed by atoms with van der Waals surface area (Å²) in [5.41, 5.74) is 2.14. The first-order valence-corrected chi connectivity index (χ1v) is 9.67. The van der Waals surface area contributed by atoms with Gasteiger partial charge in [0, 0.05) is 18.8 Å². The van der Waals surface area contributed by atoms with Gasteiger partial charge in [-0.25, -0.2) is 8.42 Å². The minimum absolute atomic E-state index is 0.0452. The number of nitrogens with one attached hydrogen (secondary N) is 1. The molecule has 0 aliphatic carbocycles. The molecule has 1 saturated heterocycles. The molecule has 0 bridgehead atoms. The number of benzene rings is 2. The van der Waals surface area contributed by atoms with Crippen LogP contribution in [0, 0.1) is 0 Å². The molecule has 1 aliphatic rings. The lowest BCUT2D eigenvalue weighted by Gasteiger charge is -2.24. The normalized spacial score (nSPS) is 19.0. The zero-order valence-electron chi connectivity index (χ0n) is 13.5. The molecule has 126 valence electrons. The number of sulfone groups is 1. The summed E-state index contributed by atoms with van der Waals surface area (Å²) in [5, 5.41) is 3.25. The summed E-state index contributed by atoms with van der Waals surface area (Å²) in [5.74, 6) is 0.0269. The van der Waals surface area contributed by atoms with E-state index in [9.17, 15) is 13.2 Å². The van der Waals surface area contributed by atoms with E-state index in [1.165, 1.54) is 0 Å². The van der Waals surface area contributed by atoms with E-state index in [0.29, 0.717) is 17.7 Å².